The Morgan fingerprint density at radius 3 is 2.17 bits per heavy atom. The van der Waals surface area contributed by atoms with Crippen molar-refractivity contribution in [3.63, 3.8) is 0 Å². The predicted molar refractivity (Wildman–Crippen MR) is 135 cm³/mol. The molecule has 0 aromatic heterocycles. The highest BCUT2D eigenvalue weighted by Gasteiger charge is 2.51. The maximum atomic E-state index is 13.7. The number of para-hydroxylation sites is 1. The summed E-state index contributed by atoms with van der Waals surface area (Å²) in [6.07, 6.45) is -0.324. The number of nitrogens with zero attached hydrogens (tertiary/aromatic N) is 1. The molecule has 0 fully saturated rings. The molecule has 1 atom stereocenters. The Bertz CT molecular complexity index is 1300. The number of benzene rings is 3. The lowest BCUT2D eigenvalue weighted by molar-refractivity contribution is -0.136. The molecular weight excluding hydrogens is 442 g/mol. The molecule has 0 saturated heterocycles. The smallest absolute Gasteiger partial charge is 0.264 e. The number of aliphatic hydroxyl groups is 1. The number of anilines is 1. The number of rotatable bonds is 7. The van der Waals surface area contributed by atoms with Gasteiger partial charge in [0.1, 0.15) is 0 Å². The SMILES string of the molecule is COc1ccc(CN2C(=O)C(O)(CC(=O)c3c(C)c(C)cc(C)c3C)c3ccccc32)cc1OC. The van der Waals surface area contributed by atoms with E-state index in [2.05, 4.69) is 6.07 Å². The maximum Gasteiger partial charge on any atom is 0.264 e. The second-order valence-electron chi connectivity index (χ2n) is 9.19. The van der Waals surface area contributed by atoms with Crippen LogP contribution < -0.4 is 14.4 Å². The van der Waals surface area contributed by atoms with Gasteiger partial charge in [0.2, 0.25) is 0 Å². The average molecular weight is 474 g/mol. The fourth-order valence-corrected chi connectivity index (χ4v) is 4.95. The van der Waals surface area contributed by atoms with Crippen molar-refractivity contribution in [2.24, 2.45) is 0 Å². The molecule has 3 aromatic rings. The van der Waals surface area contributed by atoms with Gasteiger partial charge in [-0.1, -0.05) is 30.3 Å². The molecule has 6 nitrogen and oxygen atoms in total. The van der Waals surface area contributed by atoms with Gasteiger partial charge in [-0.15, -0.1) is 0 Å². The van der Waals surface area contributed by atoms with Crippen LogP contribution in [0.4, 0.5) is 5.69 Å². The summed E-state index contributed by atoms with van der Waals surface area (Å²) in [5, 5.41) is 11.7. The van der Waals surface area contributed by atoms with E-state index in [0.717, 1.165) is 27.8 Å². The summed E-state index contributed by atoms with van der Waals surface area (Å²) in [5.41, 5.74) is 4.26. The zero-order valence-corrected chi connectivity index (χ0v) is 21.1. The molecule has 4 rings (SSSR count). The second-order valence-corrected chi connectivity index (χ2v) is 9.19. The van der Waals surface area contributed by atoms with Gasteiger partial charge in [-0.25, -0.2) is 0 Å². The molecule has 0 saturated carbocycles. The van der Waals surface area contributed by atoms with Crippen molar-refractivity contribution in [3.05, 3.63) is 87.5 Å². The summed E-state index contributed by atoms with van der Waals surface area (Å²) in [5.74, 6) is 0.383. The van der Waals surface area contributed by atoms with Crippen LogP contribution in [-0.2, 0) is 16.9 Å². The van der Waals surface area contributed by atoms with E-state index in [4.69, 9.17) is 9.47 Å². The standard InChI is InChI=1S/C29H31NO5/c1-17-13-18(2)20(4)27(19(17)3)24(31)15-29(33)22-9-7-8-10-23(22)30(28(29)32)16-21-11-12-25(34-5)26(14-21)35-6/h7-14,33H,15-16H2,1-6H3. The summed E-state index contributed by atoms with van der Waals surface area (Å²) in [6.45, 7) is 7.97. The van der Waals surface area contributed by atoms with Gasteiger partial charge in [-0.3, -0.25) is 9.59 Å². The van der Waals surface area contributed by atoms with Crippen LogP contribution in [0.15, 0.2) is 48.5 Å². The molecule has 1 amide bonds. The van der Waals surface area contributed by atoms with Crippen LogP contribution in [0.2, 0.25) is 0 Å². The van der Waals surface area contributed by atoms with E-state index < -0.39 is 11.5 Å². The minimum atomic E-state index is -1.94. The van der Waals surface area contributed by atoms with Crippen molar-refractivity contribution in [2.45, 2.75) is 46.3 Å². The minimum Gasteiger partial charge on any atom is -0.493 e. The molecule has 0 aliphatic carbocycles. The van der Waals surface area contributed by atoms with Crippen LogP contribution in [0.3, 0.4) is 0 Å². The first kappa shape index (κ1) is 24.5. The van der Waals surface area contributed by atoms with E-state index in [0.29, 0.717) is 28.3 Å². The molecule has 1 N–H and O–H groups in total. The number of ether oxygens (including phenoxy) is 2. The van der Waals surface area contributed by atoms with Crippen LogP contribution in [0.5, 0.6) is 11.5 Å². The summed E-state index contributed by atoms with van der Waals surface area (Å²) >= 11 is 0. The number of hydrogen-bond acceptors (Lipinski definition) is 5. The second kappa shape index (κ2) is 9.19. The lowest BCUT2D eigenvalue weighted by atomic mass is 9.84. The molecule has 1 unspecified atom stereocenters. The van der Waals surface area contributed by atoms with Gasteiger partial charge in [0.15, 0.2) is 22.9 Å². The molecule has 1 aliphatic heterocycles. The summed E-state index contributed by atoms with van der Waals surface area (Å²) in [6, 6.07) is 14.6. The lowest BCUT2D eigenvalue weighted by Gasteiger charge is -2.24. The molecular formula is C29H31NO5. The number of amides is 1. The number of carbonyl (C=O) groups excluding carboxylic acids is 2. The Hall–Kier alpha value is -3.64. The fourth-order valence-electron chi connectivity index (χ4n) is 4.95. The molecule has 35 heavy (non-hydrogen) atoms. The molecule has 0 spiro atoms. The van der Waals surface area contributed by atoms with Crippen molar-refractivity contribution in [1.82, 2.24) is 0 Å². The van der Waals surface area contributed by atoms with Crippen molar-refractivity contribution in [3.8, 4) is 11.5 Å². The number of hydrogen-bond donors (Lipinski definition) is 1. The zero-order chi connectivity index (χ0) is 25.5. The predicted octanol–water partition coefficient (Wildman–Crippen LogP) is 4.94. The average Bonchev–Trinajstić information content (AvgIpc) is 3.04. The van der Waals surface area contributed by atoms with Crippen molar-refractivity contribution < 1.29 is 24.2 Å². The first-order valence-corrected chi connectivity index (χ1v) is 11.6. The van der Waals surface area contributed by atoms with Crippen LogP contribution in [0.1, 0.15) is 50.2 Å². The molecule has 182 valence electrons. The molecule has 0 bridgehead atoms. The van der Waals surface area contributed by atoms with Gasteiger partial charge in [-0.2, -0.15) is 0 Å². The largest absolute Gasteiger partial charge is 0.493 e. The third kappa shape index (κ3) is 4.08. The summed E-state index contributed by atoms with van der Waals surface area (Å²) in [7, 11) is 3.12. The van der Waals surface area contributed by atoms with Gasteiger partial charge in [0.25, 0.3) is 5.91 Å². The van der Waals surface area contributed by atoms with Gasteiger partial charge >= 0.3 is 0 Å². The molecule has 3 aromatic carbocycles. The Morgan fingerprint density at radius 2 is 1.54 bits per heavy atom. The van der Waals surface area contributed by atoms with Crippen LogP contribution in [0, 0.1) is 27.7 Å². The van der Waals surface area contributed by atoms with Crippen molar-refractivity contribution >= 4 is 17.4 Å². The maximum absolute atomic E-state index is 13.7. The molecule has 0 radical (unpaired) electrons. The van der Waals surface area contributed by atoms with E-state index in [1.807, 2.05) is 39.8 Å². The molecule has 6 heteroatoms. The third-order valence-corrected chi connectivity index (χ3v) is 7.09. The van der Waals surface area contributed by atoms with Crippen molar-refractivity contribution in [1.29, 1.82) is 0 Å². The number of fused-ring (bicyclic) bond motifs is 1. The quantitative estimate of drug-likeness (QED) is 0.492. The zero-order valence-electron chi connectivity index (χ0n) is 21.1. The Morgan fingerprint density at radius 1 is 0.914 bits per heavy atom. The van der Waals surface area contributed by atoms with Gasteiger partial charge in [-0.05, 0) is 73.7 Å². The van der Waals surface area contributed by atoms with E-state index in [1.165, 1.54) is 4.90 Å². The summed E-state index contributed by atoms with van der Waals surface area (Å²) in [4.78, 5) is 28.8. The number of carbonyl (C=O) groups is 2. The minimum absolute atomic E-state index is 0.217. The molecule has 1 heterocycles. The normalized spacial score (nSPS) is 16.9. The van der Waals surface area contributed by atoms with Gasteiger partial charge in [0.05, 0.1) is 32.9 Å². The monoisotopic (exact) mass is 473 g/mol. The number of ketones is 1. The van der Waals surface area contributed by atoms with E-state index in [9.17, 15) is 14.7 Å². The van der Waals surface area contributed by atoms with Crippen molar-refractivity contribution in [2.75, 3.05) is 19.1 Å². The van der Waals surface area contributed by atoms with Crippen LogP contribution >= 0.6 is 0 Å². The molecule has 1 aliphatic rings. The third-order valence-electron chi connectivity index (χ3n) is 7.09. The Balaban J connectivity index is 1.71. The Kier molecular flexibility index (Phi) is 6.43. The first-order valence-electron chi connectivity index (χ1n) is 11.6. The highest BCUT2D eigenvalue weighted by atomic mass is 16.5. The van der Waals surface area contributed by atoms with Crippen LogP contribution in [0.25, 0.3) is 0 Å². The van der Waals surface area contributed by atoms with Crippen LogP contribution in [-0.4, -0.2) is 31.0 Å². The highest BCUT2D eigenvalue weighted by Crippen LogP contribution is 2.44. The first-order chi connectivity index (χ1) is 16.6. The summed E-state index contributed by atoms with van der Waals surface area (Å²) < 4.78 is 10.7. The van der Waals surface area contributed by atoms with E-state index >= 15 is 0 Å². The highest BCUT2D eigenvalue weighted by molar-refractivity contribution is 6.11. The fraction of sp³-hybridized carbons (Fsp3) is 0.310. The Labute approximate surface area is 206 Å². The van der Waals surface area contributed by atoms with E-state index in [-0.39, 0.29) is 18.7 Å². The van der Waals surface area contributed by atoms with Gasteiger partial charge < -0.3 is 19.5 Å². The topological polar surface area (TPSA) is 76.1 Å². The van der Waals surface area contributed by atoms with Gasteiger partial charge in [0, 0.05) is 11.1 Å². The number of Topliss-reactive ketones (excluding diaryl/α,β-unsaturated/α-hetero) is 1. The van der Waals surface area contributed by atoms with E-state index in [1.54, 1.807) is 44.6 Å². The number of aryl methyl sites for hydroxylation is 2. The lowest BCUT2D eigenvalue weighted by Crippen LogP contribution is -2.41. The number of methoxy groups -OCH3 is 2.